The number of rotatable bonds is 0. The Balaban J connectivity index is 0. The van der Waals surface area contributed by atoms with E-state index in [9.17, 15) is 0 Å². The smallest absolute Gasteiger partial charge is 1.00 e. The Hall–Kier alpha value is 6.26. The molecule has 0 N–H and O–H groups in total. The number of hydrogen-bond acceptors (Lipinski definition) is 0. The Kier molecular flexibility index (Phi) is 288. The van der Waals surface area contributed by atoms with Crippen LogP contribution in [-0.2, 0) is 34.1 Å². The summed E-state index contributed by atoms with van der Waals surface area (Å²) in [6.07, 6.45) is 0. The van der Waals surface area contributed by atoms with Crippen molar-refractivity contribution < 1.29 is 158 Å². The van der Waals surface area contributed by atoms with Gasteiger partial charge in [-0.1, -0.05) is 0 Å². The molecule has 0 aromatic rings. The van der Waals surface area contributed by atoms with Crippen molar-refractivity contribution >= 4 is 39.7 Å². The van der Waals surface area contributed by atoms with Gasteiger partial charge < -0.3 is 1.43 Å². The zero-order valence-corrected chi connectivity index (χ0v) is 21.7. The topological polar surface area (TPSA) is 0 Å². The van der Waals surface area contributed by atoms with E-state index in [4.69, 9.17) is 0 Å². The van der Waals surface area contributed by atoms with Crippen molar-refractivity contribution in [1.29, 1.82) is 0 Å². The minimum Gasteiger partial charge on any atom is -1.00 e. The molecule has 0 heterocycles. The first-order valence-corrected chi connectivity index (χ1v) is 0. The van der Waals surface area contributed by atoms with Crippen molar-refractivity contribution in [3.8, 4) is 0 Å². The maximum Gasteiger partial charge on any atom is 1.00 e. The van der Waals surface area contributed by atoms with E-state index in [2.05, 4.69) is 0 Å². The molecule has 0 spiro atoms. The molecule has 0 aromatic carbocycles. The molecule has 0 saturated carbocycles. The van der Waals surface area contributed by atoms with E-state index < -0.39 is 0 Å². The normalized spacial score (nSPS) is 0. The van der Waals surface area contributed by atoms with Gasteiger partial charge in [0.15, 0.2) is 0 Å². The van der Waals surface area contributed by atoms with Gasteiger partial charge in [-0.15, -0.1) is 12.4 Å². The first-order valence-electron chi connectivity index (χ1n) is 0. The molecule has 0 fully saturated rings. The van der Waals surface area contributed by atoms with Gasteiger partial charge in [0, 0.05) is 132 Å². The monoisotopic (exact) mass is 873 g/mol. The first kappa shape index (κ1) is 50.8. The predicted molar refractivity (Wildman–Crippen MR) is 14.1 cm³/mol. The zero-order chi connectivity index (χ0) is 0. The molecule has 0 amide bonds. The second-order valence-electron chi connectivity index (χ2n) is 0. The van der Waals surface area contributed by atoms with Crippen LogP contribution < -0.4 is 51.4 Å². The van der Waals surface area contributed by atoms with Crippen LogP contribution in [0.2, 0.25) is 0 Å². The standard InChI is InChI=1S/ClH.Cu.Fe.K.Pb.Th.U.H/h1H;;;;;;;/q;;;+1;;;;-1. The fraction of sp³-hybridized carbons (Fsp3) is 0. The molecule has 0 aliphatic rings. The van der Waals surface area contributed by atoms with Crippen molar-refractivity contribution in [1.82, 2.24) is 0 Å². The summed E-state index contributed by atoms with van der Waals surface area (Å²) < 4.78 is 0. The molecule has 0 rings (SSSR count). The average Bonchev–Trinajstić information content (AvgIpc) is 0. The van der Waals surface area contributed by atoms with Gasteiger partial charge in [0.1, 0.15) is 0 Å². The van der Waals surface area contributed by atoms with Crippen LogP contribution in [0, 0.1) is 71.1 Å². The SMILES string of the molecule is Cl.[Cu].[Fe].[H-].[K+].[Pb].[Th].[U]. The third-order valence-electron chi connectivity index (χ3n) is 0. The second kappa shape index (κ2) is 39.7. The molecule has 0 aliphatic carbocycles. The summed E-state index contributed by atoms with van der Waals surface area (Å²) in [4.78, 5) is 0. The molecule has 0 unspecified atom stereocenters. The van der Waals surface area contributed by atoms with Gasteiger partial charge in [-0.2, -0.15) is 0 Å². The fourth-order valence-electron chi connectivity index (χ4n) is 0. The molecule has 0 atom stereocenters. The average molecular weight is 873 g/mol. The Morgan fingerprint density at radius 3 is 1.14 bits per heavy atom. The third kappa shape index (κ3) is 32.9. The Morgan fingerprint density at radius 2 is 1.14 bits per heavy atom. The van der Waals surface area contributed by atoms with Crippen molar-refractivity contribution in [3.63, 3.8) is 0 Å². The molecule has 7 heavy (non-hydrogen) atoms. The summed E-state index contributed by atoms with van der Waals surface area (Å²) in [5, 5.41) is 0. The fourth-order valence-corrected chi connectivity index (χ4v) is 0. The van der Waals surface area contributed by atoms with Gasteiger partial charge in [0.2, 0.25) is 0 Å². The van der Waals surface area contributed by atoms with E-state index in [1.54, 1.807) is 0 Å². The molecule has 41 valence electrons. The molecule has 0 saturated heterocycles. The molecular weight excluding hydrogens is 871 g/mol. The second-order valence-corrected chi connectivity index (χ2v) is 0. The molecule has 5 radical (unpaired) electrons. The van der Waals surface area contributed by atoms with E-state index in [1.165, 1.54) is 0 Å². The van der Waals surface area contributed by atoms with E-state index >= 15 is 0 Å². The summed E-state index contributed by atoms with van der Waals surface area (Å²) in [7, 11) is 0. The van der Waals surface area contributed by atoms with Gasteiger partial charge in [-0.3, -0.25) is 0 Å². The molecule has 0 bridgehead atoms. The van der Waals surface area contributed by atoms with Gasteiger partial charge in [0.25, 0.3) is 0 Å². The van der Waals surface area contributed by atoms with Gasteiger partial charge >= 0.3 is 51.4 Å². The Labute approximate surface area is 191 Å². The van der Waals surface area contributed by atoms with Crippen LogP contribution in [0.1, 0.15) is 1.43 Å². The van der Waals surface area contributed by atoms with Crippen molar-refractivity contribution in [2.24, 2.45) is 0 Å². The molecule has 0 aromatic heterocycles. The van der Waals surface area contributed by atoms with Gasteiger partial charge in [-0.25, -0.2) is 0 Å². The van der Waals surface area contributed by atoms with Crippen LogP contribution in [-0.4, -0.2) is 27.3 Å². The maximum absolute atomic E-state index is 0. The molecule has 7 heteroatoms. The largest absolute Gasteiger partial charge is 1.00 e. The van der Waals surface area contributed by atoms with Crippen molar-refractivity contribution in [2.75, 3.05) is 0 Å². The maximum atomic E-state index is 0. The van der Waals surface area contributed by atoms with E-state index in [-0.39, 0.29) is 198 Å². The third-order valence-corrected chi connectivity index (χ3v) is 0. The molecular formula is H2ClCuFeKPbThU. The van der Waals surface area contributed by atoms with E-state index in [0.29, 0.717) is 0 Å². The van der Waals surface area contributed by atoms with Crippen molar-refractivity contribution in [3.05, 3.63) is 0 Å². The van der Waals surface area contributed by atoms with Crippen molar-refractivity contribution in [2.45, 2.75) is 0 Å². The predicted octanol–water partition coefficient (Wildman–Crippen LogP) is -2.85. The van der Waals surface area contributed by atoms with Crippen LogP contribution in [0.4, 0.5) is 0 Å². The molecule has 0 aliphatic heterocycles. The van der Waals surface area contributed by atoms with Crippen LogP contribution in [0.25, 0.3) is 0 Å². The van der Waals surface area contributed by atoms with Gasteiger partial charge in [0.05, 0.1) is 0 Å². The minimum absolute atomic E-state index is 0. The van der Waals surface area contributed by atoms with Crippen LogP contribution >= 0.6 is 12.4 Å². The van der Waals surface area contributed by atoms with E-state index in [0.717, 1.165) is 0 Å². The summed E-state index contributed by atoms with van der Waals surface area (Å²) in [5.41, 5.74) is 0. The van der Waals surface area contributed by atoms with Crippen LogP contribution in [0.3, 0.4) is 0 Å². The van der Waals surface area contributed by atoms with Crippen LogP contribution in [0.15, 0.2) is 0 Å². The van der Waals surface area contributed by atoms with Gasteiger partial charge in [-0.05, 0) is 0 Å². The summed E-state index contributed by atoms with van der Waals surface area (Å²) in [6.45, 7) is 0. The van der Waals surface area contributed by atoms with E-state index in [1.807, 2.05) is 0 Å². The molecule has 0 nitrogen and oxygen atoms in total. The summed E-state index contributed by atoms with van der Waals surface area (Å²) >= 11 is 0. The van der Waals surface area contributed by atoms with Crippen LogP contribution in [0.5, 0.6) is 0 Å². The zero-order valence-electron chi connectivity index (χ0n) is 4.56. The number of hydrogen-bond donors (Lipinski definition) is 0. The first-order chi connectivity index (χ1) is 0. The summed E-state index contributed by atoms with van der Waals surface area (Å²) in [5.74, 6) is 0. The Bertz CT molecular complexity index is 24.0. The number of halogens is 1. The summed E-state index contributed by atoms with van der Waals surface area (Å²) in [6, 6.07) is 0. The Morgan fingerprint density at radius 1 is 1.14 bits per heavy atom. The quantitative estimate of drug-likeness (QED) is 0.231. The minimum atomic E-state index is 0.